The van der Waals surface area contributed by atoms with Crippen molar-refractivity contribution < 1.29 is 27.1 Å². The number of thiazole rings is 1. The second kappa shape index (κ2) is 14.3. The van der Waals surface area contributed by atoms with Gasteiger partial charge in [-0.3, -0.25) is 14.8 Å². The number of fused-ring (bicyclic) bond motifs is 1. The standard InChI is InChI=1S/C32H35ClFN7O5S2/c1-46-31(42)27-26(37-29(30-35-12-15-47-30)38-28(27)24-10-7-21(34)16-25(24)33)19-39-13-14-40-23(17-39)18-41(32(40)43)22-8-5-20(6-9-22)4-3-11-36-48(2,44)45/h5-10,12,15-16,23,28,36H,3-4,11,13-14,17-19H2,1-2H3,(H,37,38)/t23-,28-/m0/s1. The van der Waals surface area contributed by atoms with Crippen LogP contribution < -0.4 is 14.9 Å². The fourth-order valence-electron chi connectivity index (χ4n) is 6.22. The van der Waals surface area contributed by atoms with Crippen LogP contribution in [0.2, 0.25) is 5.02 Å². The van der Waals surface area contributed by atoms with E-state index in [0.717, 1.165) is 17.5 Å². The number of esters is 1. The van der Waals surface area contributed by atoms with Gasteiger partial charge in [-0.25, -0.2) is 32.1 Å². The van der Waals surface area contributed by atoms with E-state index in [1.54, 1.807) is 11.1 Å². The van der Waals surface area contributed by atoms with Gasteiger partial charge in [0.2, 0.25) is 10.0 Å². The Balaban J connectivity index is 1.19. The van der Waals surface area contributed by atoms with Gasteiger partial charge in [0.15, 0.2) is 10.8 Å². The molecule has 0 spiro atoms. The van der Waals surface area contributed by atoms with Crippen LogP contribution in [-0.4, -0.2) is 99.7 Å². The molecular formula is C32H35ClFN7O5S2. The number of piperazine rings is 1. The lowest BCUT2D eigenvalue weighted by Crippen LogP contribution is -2.53. The molecule has 2 aromatic carbocycles. The number of nitrogens with one attached hydrogen (secondary N) is 2. The van der Waals surface area contributed by atoms with Crippen LogP contribution in [0, 0.1) is 5.82 Å². The molecule has 3 aliphatic heterocycles. The summed E-state index contributed by atoms with van der Waals surface area (Å²) < 4.78 is 44.3. The topological polar surface area (TPSA) is 137 Å². The summed E-state index contributed by atoms with van der Waals surface area (Å²) in [6, 6.07) is 10.8. The molecule has 12 nitrogen and oxygen atoms in total. The molecule has 2 atom stereocenters. The average Bonchev–Trinajstić information content (AvgIpc) is 3.71. The second-order valence-corrected chi connectivity index (χ2v) is 14.9. The third-order valence-electron chi connectivity index (χ3n) is 8.50. The van der Waals surface area contributed by atoms with Crippen LogP contribution in [-0.2, 0) is 26.0 Å². The van der Waals surface area contributed by atoms with Crippen molar-refractivity contribution >= 4 is 56.5 Å². The lowest BCUT2D eigenvalue weighted by atomic mass is 9.95. The van der Waals surface area contributed by atoms with E-state index in [2.05, 4.69) is 19.9 Å². The molecule has 0 bridgehead atoms. The molecule has 6 rings (SSSR count). The maximum absolute atomic E-state index is 14.0. The summed E-state index contributed by atoms with van der Waals surface area (Å²) in [6.07, 6.45) is 4.18. The Bertz CT molecular complexity index is 1850. The Hall–Kier alpha value is -3.89. The van der Waals surface area contributed by atoms with Crippen molar-refractivity contribution in [2.24, 2.45) is 4.99 Å². The van der Waals surface area contributed by atoms with Crippen LogP contribution >= 0.6 is 22.9 Å². The molecule has 1 aromatic heterocycles. The molecule has 0 unspecified atom stereocenters. The van der Waals surface area contributed by atoms with Crippen LogP contribution in [0.1, 0.15) is 28.6 Å². The first-order chi connectivity index (χ1) is 23.0. The van der Waals surface area contributed by atoms with Gasteiger partial charge in [0.1, 0.15) is 11.9 Å². The summed E-state index contributed by atoms with van der Waals surface area (Å²) in [5.41, 5.74) is 3.16. The molecule has 4 heterocycles. The number of benzene rings is 2. The molecule has 0 saturated carbocycles. The maximum Gasteiger partial charge on any atom is 0.338 e. The summed E-state index contributed by atoms with van der Waals surface area (Å²) in [5, 5.41) is 5.92. The number of aryl methyl sites for hydroxylation is 1. The summed E-state index contributed by atoms with van der Waals surface area (Å²) >= 11 is 7.88. The van der Waals surface area contributed by atoms with Crippen LogP contribution in [0.15, 0.2) is 70.3 Å². The molecule has 48 heavy (non-hydrogen) atoms. The molecule has 0 radical (unpaired) electrons. The summed E-state index contributed by atoms with van der Waals surface area (Å²) in [6.45, 7) is 2.85. The van der Waals surface area contributed by atoms with Crippen LogP contribution in [0.3, 0.4) is 0 Å². The third-order valence-corrected chi connectivity index (χ3v) is 10.3. The molecular weight excluding hydrogens is 681 g/mol. The predicted octanol–water partition coefficient (Wildman–Crippen LogP) is 3.56. The largest absolute Gasteiger partial charge is 0.466 e. The number of carbonyl (C=O) groups is 2. The summed E-state index contributed by atoms with van der Waals surface area (Å²) in [5.74, 6) is -0.617. The Kier molecular flexibility index (Phi) is 10.1. The lowest BCUT2D eigenvalue weighted by Gasteiger charge is -2.38. The SMILES string of the molecule is COC(=O)C1=C(CN2CCN3C(=O)N(c4ccc(CCCNS(C)(=O)=O)cc4)C[C@@H]3C2)NC(c2nccs2)=N[C@H]1c1ccc(F)cc1Cl. The van der Waals surface area contributed by atoms with E-state index in [1.807, 2.05) is 34.5 Å². The van der Waals surface area contributed by atoms with Crippen molar-refractivity contribution in [1.82, 2.24) is 24.8 Å². The van der Waals surface area contributed by atoms with E-state index in [9.17, 15) is 22.4 Å². The van der Waals surface area contributed by atoms with Crippen molar-refractivity contribution in [3.8, 4) is 0 Å². The molecule has 16 heteroatoms. The number of anilines is 1. The number of methoxy groups -OCH3 is 1. The van der Waals surface area contributed by atoms with Gasteiger partial charge in [0.05, 0.1) is 25.0 Å². The number of rotatable bonds is 11. The number of urea groups is 1. The minimum atomic E-state index is -3.21. The van der Waals surface area contributed by atoms with Gasteiger partial charge in [-0.1, -0.05) is 29.8 Å². The number of hydrogen-bond donors (Lipinski definition) is 2. The monoisotopic (exact) mass is 715 g/mol. The normalized spacial score (nSPS) is 20.1. The summed E-state index contributed by atoms with van der Waals surface area (Å²) in [7, 11) is -1.91. The maximum atomic E-state index is 14.0. The van der Waals surface area contributed by atoms with Gasteiger partial charge in [0.25, 0.3) is 0 Å². The zero-order chi connectivity index (χ0) is 34.0. The number of halogens is 2. The van der Waals surface area contributed by atoms with Crippen molar-refractivity contribution in [1.29, 1.82) is 0 Å². The van der Waals surface area contributed by atoms with E-state index in [4.69, 9.17) is 21.3 Å². The van der Waals surface area contributed by atoms with Crippen molar-refractivity contribution in [3.05, 3.63) is 92.3 Å². The van der Waals surface area contributed by atoms with Gasteiger partial charge in [0, 0.05) is 72.8 Å². The van der Waals surface area contributed by atoms with Crippen molar-refractivity contribution in [3.63, 3.8) is 0 Å². The van der Waals surface area contributed by atoms with Gasteiger partial charge >= 0.3 is 12.0 Å². The predicted molar refractivity (Wildman–Crippen MR) is 182 cm³/mol. The first kappa shape index (κ1) is 34.0. The minimum Gasteiger partial charge on any atom is -0.466 e. The van der Waals surface area contributed by atoms with E-state index >= 15 is 0 Å². The Morgan fingerprint density at radius 3 is 2.67 bits per heavy atom. The van der Waals surface area contributed by atoms with Crippen LogP contribution in [0.5, 0.6) is 0 Å². The average molecular weight is 716 g/mol. The fraction of sp³-hybridized carbons (Fsp3) is 0.375. The highest BCUT2D eigenvalue weighted by Gasteiger charge is 2.42. The molecule has 2 saturated heterocycles. The molecule has 2 N–H and O–H groups in total. The smallest absolute Gasteiger partial charge is 0.338 e. The second-order valence-electron chi connectivity index (χ2n) is 11.8. The third kappa shape index (κ3) is 7.55. The van der Waals surface area contributed by atoms with Gasteiger partial charge in [-0.15, -0.1) is 11.3 Å². The lowest BCUT2D eigenvalue weighted by molar-refractivity contribution is -0.136. The number of amidine groups is 1. The van der Waals surface area contributed by atoms with Gasteiger partial charge < -0.3 is 15.0 Å². The van der Waals surface area contributed by atoms with Crippen LogP contribution in [0.4, 0.5) is 14.9 Å². The van der Waals surface area contributed by atoms with E-state index < -0.39 is 27.9 Å². The number of hydrogen-bond acceptors (Lipinski definition) is 10. The van der Waals surface area contributed by atoms with Crippen molar-refractivity contribution in [2.75, 3.05) is 57.5 Å². The molecule has 254 valence electrons. The Morgan fingerprint density at radius 2 is 1.98 bits per heavy atom. The number of carbonyl (C=O) groups excluding carboxylic acids is 2. The highest BCUT2D eigenvalue weighted by Crippen LogP contribution is 2.37. The number of aromatic nitrogens is 1. The number of amides is 2. The Labute approximate surface area is 287 Å². The van der Waals surface area contributed by atoms with E-state index in [1.165, 1.54) is 36.6 Å². The number of aliphatic imine (C=N–C) groups is 1. The number of sulfonamides is 1. The molecule has 3 aliphatic rings. The minimum absolute atomic E-state index is 0.0563. The molecule has 3 aromatic rings. The number of nitrogens with zero attached hydrogens (tertiary/aromatic N) is 5. The Morgan fingerprint density at radius 1 is 1.19 bits per heavy atom. The van der Waals surface area contributed by atoms with Crippen LogP contribution in [0.25, 0.3) is 0 Å². The van der Waals surface area contributed by atoms with E-state index in [-0.39, 0.29) is 22.7 Å². The quantitative estimate of drug-likeness (QED) is 0.227. The van der Waals surface area contributed by atoms with E-state index in [0.29, 0.717) is 74.2 Å². The number of ether oxygens (including phenoxy) is 1. The molecule has 2 amide bonds. The fourth-order valence-corrected chi connectivity index (χ4v) is 7.59. The zero-order valence-electron chi connectivity index (χ0n) is 26.4. The van der Waals surface area contributed by atoms with Gasteiger partial charge in [-0.2, -0.15) is 0 Å². The zero-order valence-corrected chi connectivity index (χ0v) is 28.7. The first-order valence-corrected chi connectivity index (χ1v) is 18.5. The van der Waals surface area contributed by atoms with Crippen molar-refractivity contribution in [2.45, 2.75) is 24.9 Å². The van der Waals surface area contributed by atoms with Gasteiger partial charge in [-0.05, 0) is 42.7 Å². The highest BCUT2D eigenvalue weighted by molar-refractivity contribution is 7.88. The molecule has 0 aliphatic carbocycles. The first-order valence-electron chi connectivity index (χ1n) is 15.4. The highest BCUT2D eigenvalue weighted by atomic mass is 35.5. The summed E-state index contributed by atoms with van der Waals surface area (Å²) in [4.78, 5) is 41.8. The molecule has 2 fully saturated rings.